The highest BCUT2D eigenvalue weighted by Gasteiger charge is 2.31. The zero-order valence-electron chi connectivity index (χ0n) is 8.71. The lowest BCUT2D eigenvalue weighted by Gasteiger charge is -2.19. The van der Waals surface area contributed by atoms with Gasteiger partial charge in [0.1, 0.15) is 5.54 Å². The predicted octanol–water partition coefficient (Wildman–Crippen LogP) is 2.04. The van der Waals surface area contributed by atoms with Gasteiger partial charge >= 0.3 is 5.97 Å². The summed E-state index contributed by atoms with van der Waals surface area (Å²) in [5.74, 6) is -1.25. The minimum atomic E-state index is -1.66. The Labute approximate surface area is 111 Å². The minimum Gasteiger partial charge on any atom is -0.480 e. The molecule has 0 fully saturated rings. The summed E-state index contributed by atoms with van der Waals surface area (Å²) in [5, 5.41) is 19.5. The van der Waals surface area contributed by atoms with Crippen LogP contribution in [0.2, 0.25) is 0 Å². The molecule has 1 rings (SSSR count). The molecule has 0 saturated heterocycles. The van der Waals surface area contributed by atoms with Crippen LogP contribution in [-0.2, 0) is 10.3 Å². The van der Waals surface area contributed by atoms with E-state index < -0.39 is 16.4 Å². The van der Waals surface area contributed by atoms with Crippen LogP contribution in [0.15, 0.2) is 22.7 Å². The van der Waals surface area contributed by atoms with Gasteiger partial charge in [-0.3, -0.25) is 10.1 Å². The summed E-state index contributed by atoms with van der Waals surface area (Å²) in [4.78, 5) is 20.9. The number of carbonyl (C=O) groups is 1. The molecule has 1 aromatic rings. The maximum Gasteiger partial charge on any atom is 0.328 e. The van der Waals surface area contributed by atoms with E-state index in [0.717, 1.165) is 6.07 Å². The highest BCUT2D eigenvalue weighted by molar-refractivity contribution is 9.10. The van der Waals surface area contributed by atoms with Gasteiger partial charge < -0.3 is 10.8 Å². The second kappa shape index (κ2) is 5.44. The van der Waals surface area contributed by atoms with Gasteiger partial charge in [-0.1, -0.05) is 15.9 Å². The number of carboxylic acid groups (broad SMARTS) is 1. The molecule has 0 aliphatic rings. The summed E-state index contributed by atoms with van der Waals surface area (Å²) in [6.45, 7) is 1.28. The molecular weight excluding hydrogens is 315 g/mol. The first-order chi connectivity index (χ1) is 7.25. The van der Waals surface area contributed by atoms with Crippen LogP contribution in [0.5, 0.6) is 0 Å². The third kappa shape index (κ3) is 3.39. The van der Waals surface area contributed by atoms with E-state index in [1.165, 1.54) is 19.1 Å². The molecule has 17 heavy (non-hydrogen) atoms. The highest BCUT2D eigenvalue weighted by atomic mass is 79.9. The topological polar surface area (TPSA) is 106 Å². The van der Waals surface area contributed by atoms with Crippen molar-refractivity contribution >= 4 is 40.0 Å². The number of carboxylic acids is 1. The Hall–Kier alpha value is -1.18. The lowest BCUT2D eigenvalue weighted by Crippen LogP contribution is -2.41. The molecule has 0 aromatic heterocycles. The molecule has 6 nitrogen and oxygen atoms in total. The Morgan fingerprint density at radius 2 is 2.06 bits per heavy atom. The van der Waals surface area contributed by atoms with E-state index in [1.807, 2.05) is 0 Å². The van der Waals surface area contributed by atoms with Crippen LogP contribution in [0.4, 0.5) is 5.69 Å². The molecule has 0 heterocycles. The molecule has 0 spiro atoms. The normalized spacial score (nSPS) is 13.4. The summed E-state index contributed by atoms with van der Waals surface area (Å²) in [5.41, 5.74) is 3.88. The van der Waals surface area contributed by atoms with Crippen molar-refractivity contribution in [1.82, 2.24) is 0 Å². The van der Waals surface area contributed by atoms with Crippen molar-refractivity contribution in [2.24, 2.45) is 5.73 Å². The lowest BCUT2D eigenvalue weighted by atomic mass is 9.93. The number of nitrogens with two attached hydrogens (primary N) is 1. The molecule has 1 unspecified atom stereocenters. The van der Waals surface area contributed by atoms with E-state index in [-0.39, 0.29) is 23.7 Å². The molecule has 94 valence electrons. The van der Waals surface area contributed by atoms with Crippen molar-refractivity contribution in [2.45, 2.75) is 12.5 Å². The first-order valence-corrected chi connectivity index (χ1v) is 5.02. The smallest absolute Gasteiger partial charge is 0.328 e. The Morgan fingerprint density at radius 3 is 2.47 bits per heavy atom. The number of nitro groups is 1. The van der Waals surface area contributed by atoms with E-state index in [1.54, 1.807) is 0 Å². The average molecular weight is 326 g/mol. The van der Waals surface area contributed by atoms with Crippen LogP contribution in [-0.4, -0.2) is 16.0 Å². The molecule has 0 bridgehead atoms. The molecule has 0 aliphatic heterocycles. The number of benzene rings is 1. The molecule has 3 N–H and O–H groups in total. The summed E-state index contributed by atoms with van der Waals surface area (Å²) in [6, 6.07) is 3.88. The molecule has 1 atom stereocenters. The van der Waals surface area contributed by atoms with Gasteiger partial charge in [0.05, 0.1) is 4.92 Å². The van der Waals surface area contributed by atoms with E-state index in [4.69, 9.17) is 10.8 Å². The lowest BCUT2D eigenvalue weighted by molar-refractivity contribution is -0.385. The quantitative estimate of drug-likeness (QED) is 0.653. The van der Waals surface area contributed by atoms with Gasteiger partial charge in [-0.25, -0.2) is 4.79 Å². The molecule has 0 aliphatic carbocycles. The van der Waals surface area contributed by atoms with Gasteiger partial charge in [-0.15, -0.1) is 12.4 Å². The number of aliphatic carboxylic acids is 1. The Balaban J connectivity index is 0.00000256. The number of hydrogen-bond donors (Lipinski definition) is 2. The van der Waals surface area contributed by atoms with Crippen LogP contribution in [0.1, 0.15) is 12.5 Å². The molecule has 0 amide bonds. The number of nitrogens with zero attached hydrogens (tertiary/aromatic N) is 1. The zero-order chi connectivity index (χ0) is 12.5. The number of halogens is 2. The number of rotatable bonds is 3. The van der Waals surface area contributed by atoms with E-state index in [0.29, 0.717) is 4.47 Å². The largest absolute Gasteiger partial charge is 0.480 e. The molecule has 8 heteroatoms. The van der Waals surface area contributed by atoms with Crippen LogP contribution in [0.25, 0.3) is 0 Å². The third-order valence-corrected chi connectivity index (χ3v) is 2.60. The van der Waals surface area contributed by atoms with Crippen molar-refractivity contribution in [1.29, 1.82) is 0 Å². The fourth-order valence-electron chi connectivity index (χ4n) is 1.10. The van der Waals surface area contributed by atoms with Gasteiger partial charge in [0.15, 0.2) is 0 Å². The molecule has 0 radical (unpaired) electrons. The second-order valence-electron chi connectivity index (χ2n) is 3.46. The Kier molecular flexibility index (Phi) is 5.06. The first-order valence-electron chi connectivity index (χ1n) is 4.23. The average Bonchev–Trinajstić information content (AvgIpc) is 2.16. The summed E-state index contributed by atoms with van der Waals surface area (Å²) >= 11 is 3.07. The van der Waals surface area contributed by atoms with Gasteiger partial charge in [0, 0.05) is 16.6 Å². The van der Waals surface area contributed by atoms with Crippen molar-refractivity contribution in [3.05, 3.63) is 38.3 Å². The highest BCUT2D eigenvalue weighted by Crippen LogP contribution is 2.27. The van der Waals surface area contributed by atoms with E-state index in [2.05, 4.69) is 15.9 Å². The number of nitro benzene ring substituents is 1. The number of non-ortho nitro benzene ring substituents is 1. The minimum absolute atomic E-state index is 0. The monoisotopic (exact) mass is 324 g/mol. The fraction of sp³-hybridized carbons (Fsp3) is 0.222. The van der Waals surface area contributed by atoms with E-state index >= 15 is 0 Å². The van der Waals surface area contributed by atoms with Crippen molar-refractivity contribution in [3.8, 4) is 0 Å². The van der Waals surface area contributed by atoms with E-state index in [9.17, 15) is 14.9 Å². The van der Waals surface area contributed by atoms with Crippen LogP contribution >= 0.6 is 28.3 Å². The fourth-order valence-corrected chi connectivity index (χ4v) is 1.58. The van der Waals surface area contributed by atoms with Gasteiger partial charge in [0.2, 0.25) is 0 Å². The Bertz CT molecular complexity index is 464. The van der Waals surface area contributed by atoms with Crippen molar-refractivity contribution < 1.29 is 14.8 Å². The van der Waals surface area contributed by atoms with Crippen LogP contribution in [0, 0.1) is 10.1 Å². The van der Waals surface area contributed by atoms with Gasteiger partial charge in [-0.2, -0.15) is 0 Å². The summed E-state index contributed by atoms with van der Waals surface area (Å²) < 4.78 is 0.412. The maximum absolute atomic E-state index is 10.9. The summed E-state index contributed by atoms with van der Waals surface area (Å²) in [7, 11) is 0. The maximum atomic E-state index is 10.9. The molecule has 0 saturated carbocycles. The number of hydrogen-bond acceptors (Lipinski definition) is 4. The molecular formula is C9H10BrClN2O4. The SMILES string of the molecule is CC(N)(C(=O)O)c1cc(Br)cc([N+](=O)[O-])c1.Cl. The van der Waals surface area contributed by atoms with Crippen molar-refractivity contribution in [3.63, 3.8) is 0 Å². The predicted molar refractivity (Wildman–Crippen MR) is 67.2 cm³/mol. The summed E-state index contributed by atoms with van der Waals surface area (Å²) in [6.07, 6.45) is 0. The third-order valence-electron chi connectivity index (χ3n) is 2.14. The second-order valence-corrected chi connectivity index (χ2v) is 4.38. The zero-order valence-corrected chi connectivity index (χ0v) is 11.1. The van der Waals surface area contributed by atoms with Crippen LogP contribution < -0.4 is 5.73 Å². The van der Waals surface area contributed by atoms with Gasteiger partial charge in [0.25, 0.3) is 5.69 Å². The standard InChI is InChI=1S/C9H9BrN2O4.ClH/c1-9(11,8(13)14)5-2-6(10)4-7(3-5)12(15)16;/h2-4H,11H2,1H3,(H,13,14);1H. The van der Waals surface area contributed by atoms with Crippen molar-refractivity contribution in [2.75, 3.05) is 0 Å². The Morgan fingerprint density at radius 1 is 1.53 bits per heavy atom. The first kappa shape index (κ1) is 15.8. The van der Waals surface area contributed by atoms with Crippen LogP contribution in [0.3, 0.4) is 0 Å². The molecule has 1 aromatic carbocycles. The van der Waals surface area contributed by atoms with Gasteiger partial charge in [-0.05, 0) is 18.6 Å².